The molecule has 1 unspecified atom stereocenters. The summed E-state index contributed by atoms with van der Waals surface area (Å²) >= 11 is 0. The second-order valence-corrected chi connectivity index (χ2v) is 2.30. The number of benzene rings is 1. The van der Waals surface area contributed by atoms with Gasteiger partial charge in [-0.15, -0.1) is 0 Å². The minimum Gasteiger partial charge on any atom is -0.255 e. The van der Waals surface area contributed by atoms with Gasteiger partial charge in [0, 0.05) is 5.56 Å². The van der Waals surface area contributed by atoms with Crippen LogP contribution in [0.5, 0.6) is 5.75 Å². The van der Waals surface area contributed by atoms with Crippen LogP contribution in [-0.2, 0) is 4.57 Å². The third-order valence-corrected chi connectivity index (χ3v) is 1.59. The van der Waals surface area contributed by atoms with Crippen LogP contribution in [0.3, 0.4) is 0 Å². The van der Waals surface area contributed by atoms with Crippen molar-refractivity contribution in [2.75, 3.05) is 0 Å². The zero-order valence-electron chi connectivity index (χ0n) is 5.91. The first kappa shape index (κ1) is 7.96. The molecule has 0 aromatic heterocycles. The van der Waals surface area contributed by atoms with E-state index < -0.39 is 8.69 Å². The van der Waals surface area contributed by atoms with Gasteiger partial charge in [-0.1, -0.05) is 30.9 Å². The summed E-state index contributed by atoms with van der Waals surface area (Å²) in [7, 11) is -0.763. The molecule has 11 heavy (non-hydrogen) atoms. The Bertz CT molecular complexity index is 271. The molecule has 3 heteroatoms. The quantitative estimate of drug-likeness (QED) is 0.647. The van der Waals surface area contributed by atoms with Crippen molar-refractivity contribution < 1.29 is 9.09 Å². The van der Waals surface area contributed by atoms with Crippen LogP contribution in [-0.4, -0.2) is 0 Å². The largest absolute Gasteiger partial charge is 0.542 e. The molecule has 0 bridgehead atoms. The van der Waals surface area contributed by atoms with Crippen molar-refractivity contribution in [2.24, 2.45) is 0 Å². The van der Waals surface area contributed by atoms with Gasteiger partial charge in [0.05, 0.1) is 0 Å². The molecule has 0 saturated heterocycles. The Morgan fingerprint density at radius 1 is 1.45 bits per heavy atom. The van der Waals surface area contributed by atoms with Crippen LogP contribution in [0, 0.1) is 0 Å². The highest BCUT2D eigenvalue weighted by Gasteiger charge is 2.01. The zero-order chi connectivity index (χ0) is 8.10. The van der Waals surface area contributed by atoms with Crippen molar-refractivity contribution in [1.29, 1.82) is 0 Å². The summed E-state index contributed by atoms with van der Waals surface area (Å²) in [5.41, 5.74) is 0.857. The maximum Gasteiger partial charge on any atom is 0.542 e. The maximum atomic E-state index is 10.1. The third-order valence-electron chi connectivity index (χ3n) is 1.29. The van der Waals surface area contributed by atoms with Gasteiger partial charge < -0.3 is 0 Å². The van der Waals surface area contributed by atoms with E-state index in [-0.39, 0.29) is 0 Å². The van der Waals surface area contributed by atoms with Crippen molar-refractivity contribution in [3.8, 4) is 5.75 Å². The number of hydrogen-bond acceptors (Lipinski definition) is 2. The van der Waals surface area contributed by atoms with Crippen LogP contribution in [0.1, 0.15) is 5.56 Å². The Balaban J connectivity index is 3.01. The van der Waals surface area contributed by atoms with E-state index in [0.717, 1.165) is 5.56 Å². The van der Waals surface area contributed by atoms with E-state index in [1.54, 1.807) is 12.1 Å². The van der Waals surface area contributed by atoms with Crippen LogP contribution in [0.25, 0.3) is 6.08 Å². The van der Waals surface area contributed by atoms with E-state index in [1.807, 2.05) is 18.2 Å². The van der Waals surface area contributed by atoms with Crippen LogP contribution >= 0.6 is 8.69 Å². The first-order valence-corrected chi connectivity index (χ1v) is 3.95. The SMILES string of the molecule is C=Cc1ccccc1O[PH+]=O. The molecule has 0 aliphatic heterocycles. The number of rotatable bonds is 3. The number of para-hydroxylation sites is 1. The topological polar surface area (TPSA) is 26.3 Å². The van der Waals surface area contributed by atoms with Crippen LogP contribution in [0.4, 0.5) is 0 Å². The van der Waals surface area contributed by atoms with E-state index in [2.05, 4.69) is 6.58 Å². The molecule has 0 radical (unpaired) electrons. The highest BCUT2D eigenvalue weighted by atomic mass is 31.1. The van der Waals surface area contributed by atoms with Gasteiger partial charge in [0.1, 0.15) is 0 Å². The Morgan fingerprint density at radius 3 is 2.82 bits per heavy atom. The average molecular weight is 167 g/mol. The van der Waals surface area contributed by atoms with Crippen LogP contribution in [0.2, 0.25) is 0 Å². The van der Waals surface area contributed by atoms with Gasteiger partial charge in [0.25, 0.3) is 0 Å². The second-order valence-electron chi connectivity index (χ2n) is 1.93. The van der Waals surface area contributed by atoms with Crippen molar-refractivity contribution >= 4 is 14.8 Å². The van der Waals surface area contributed by atoms with Gasteiger partial charge in [0.2, 0.25) is 0 Å². The summed E-state index contributed by atoms with van der Waals surface area (Å²) < 4.78 is 15.0. The predicted octanol–water partition coefficient (Wildman–Crippen LogP) is 2.65. The molecule has 0 aliphatic carbocycles. The Hall–Kier alpha value is -1.14. The minimum absolute atomic E-state index is 0.607. The molecule has 0 heterocycles. The van der Waals surface area contributed by atoms with Gasteiger partial charge in [-0.2, -0.15) is 0 Å². The van der Waals surface area contributed by atoms with Gasteiger partial charge in [-0.3, -0.25) is 4.52 Å². The summed E-state index contributed by atoms with van der Waals surface area (Å²) in [4.78, 5) is 0. The van der Waals surface area contributed by atoms with Crippen molar-refractivity contribution in [3.05, 3.63) is 36.4 Å². The van der Waals surface area contributed by atoms with E-state index in [0.29, 0.717) is 5.75 Å². The molecule has 2 nitrogen and oxygen atoms in total. The highest BCUT2D eigenvalue weighted by molar-refractivity contribution is 7.17. The lowest BCUT2D eigenvalue weighted by atomic mass is 10.2. The van der Waals surface area contributed by atoms with Gasteiger partial charge in [-0.25, -0.2) is 0 Å². The van der Waals surface area contributed by atoms with E-state index in [1.165, 1.54) is 0 Å². The molecule has 0 spiro atoms. The van der Waals surface area contributed by atoms with Crippen LogP contribution < -0.4 is 4.52 Å². The lowest BCUT2D eigenvalue weighted by molar-refractivity contribution is 0.524. The first-order valence-electron chi connectivity index (χ1n) is 3.14. The monoisotopic (exact) mass is 167 g/mol. The molecule has 0 fully saturated rings. The van der Waals surface area contributed by atoms with Gasteiger partial charge in [-0.05, 0) is 10.6 Å². The van der Waals surface area contributed by atoms with Crippen LogP contribution in [0.15, 0.2) is 30.8 Å². The van der Waals surface area contributed by atoms with E-state index >= 15 is 0 Å². The lowest BCUT2D eigenvalue weighted by Crippen LogP contribution is -1.78. The first-order chi connectivity index (χ1) is 5.38. The fourth-order valence-corrected chi connectivity index (χ4v) is 1.06. The molecule has 1 atom stereocenters. The summed E-state index contributed by atoms with van der Waals surface area (Å²) in [6, 6.07) is 7.30. The summed E-state index contributed by atoms with van der Waals surface area (Å²) in [6.07, 6.45) is 1.66. The third kappa shape index (κ3) is 1.89. The second kappa shape index (κ2) is 3.89. The highest BCUT2D eigenvalue weighted by Crippen LogP contribution is 2.21. The van der Waals surface area contributed by atoms with Gasteiger partial charge >= 0.3 is 8.69 Å². The normalized spacial score (nSPS) is 9.45. The summed E-state index contributed by atoms with van der Waals surface area (Å²) in [5, 5.41) is 0. The molecular formula is C8H8O2P+. The Labute approximate surface area is 66.8 Å². The Kier molecular flexibility index (Phi) is 2.82. The lowest BCUT2D eigenvalue weighted by Gasteiger charge is -1.94. The van der Waals surface area contributed by atoms with E-state index in [9.17, 15) is 4.57 Å². The molecule has 56 valence electrons. The molecular weight excluding hydrogens is 159 g/mol. The Morgan fingerprint density at radius 2 is 2.18 bits per heavy atom. The summed E-state index contributed by atoms with van der Waals surface area (Å²) in [5.74, 6) is 0.607. The predicted molar refractivity (Wildman–Crippen MR) is 46.2 cm³/mol. The molecule has 0 N–H and O–H groups in total. The molecule has 0 aliphatic rings. The standard InChI is InChI=1S/C8H8O2P/c1-2-7-5-3-4-6-8(7)10-11-9/h2-6,11H,1H2/q+1. The fourth-order valence-electron chi connectivity index (χ4n) is 0.787. The minimum atomic E-state index is -0.763. The number of hydrogen-bond donors (Lipinski definition) is 0. The van der Waals surface area contributed by atoms with E-state index in [4.69, 9.17) is 4.52 Å². The molecule has 1 rings (SSSR count). The molecule has 1 aromatic carbocycles. The van der Waals surface area contributed by atoms with Crippen molar-refractivity contribution in [2.45, 2.75) is 0 Å². The smallest absolute Gasteiger partial charge is 0.255 e. The molecule has 0 amide bonds. The zero-order valence-corrected chi connectivity index (χ0v) is 6.91. The maximum absolute atomic E-state index is 10.1. The summed E-state index contributed by atoms with van der Waals surface area (Å²) in [6.45, 7) is 3.59. The van der Waals surface area contributed by atoms with Gasteiger partial charge in [0.15, 0.2) is 5.75 Å². The average Bonchev–Trinajstić information content (AvgIpc) is 2.06. The van der Waals surface area contributed by atoms with Crippen molar-refractivity contribution in [3.63, 3.8) is 0 Å². The molecule has 0 saturated carbocycles. The molecule has 1 aromatic rings. The fraction of sp³-hybridized carbons (Fsp3) is 0. The van der Waals surface area contributed by atoms with Crippen molar-refractivity contribution in [1.82, 2.24) is 0 Å².